The van der Waals surface area contributed by atoms with Crippen molar-refractivity contribution in [2.24, 2.45) is 0 Å². The summed E-state index contributed by atoms with van der Waals surface area (Å²) in [6.07, 6.45) is 1.69. The van der Waals surface area contributed by atoms with E-state index in [0.717, 1.165) is 43.2 Å². The van der Waals surface area contributed by atoms with Crippen LogP contribution in [-0.2, 0) is 0 Å². The number of benzene rings is 2. The van der Waals surface area contributed by atoms with Crippen LogP contribution < -0.4 is 15.1 Å². The van der Waals surface area contributed by atoms with Crippen molar-refractivity contribution in [2.75, 3.05) is 41.3 Å². The highest BCUT2D eigenvalue weighted by atomic mass is 19.1. The van der Waals surface area contributed by atoms with Gasteiger partial charge in [0, 0.05) is 37.4 Å². The molecule has 1 saturated heterocycles. The molecule has 1 N–H and O–H groups in total. The van der Waals surface area contributed by atoms with Crippen LogP contribution in [-0.4, -0.2) is 37.1 Å². The van der Waals surface area contributed by atoms with Crippen molar-refractivity contribution in [1.29, 1.82) is 0 Å². The third-order valence-electron chi connectivity index (χ3n) is 5.08. The molecule has 1 aromatic heterocycles. The molecule has 0 bridgehead atoms. The Balaban J connectivity index is 1.35. The summed E-state index contributed by atoms with van der Waals surface area (Å²) in [5.74, 6) is 0.527. The lowest BCUT2D eigenvalue weighted by Gasteiger charge is -2.36. The molecule has 0 radical (unpaired) electrons. The van der Waals surface area contributed by atoms with E-state index in [4.69, 9.17) is 0 Å². The number of nitrogens with one attached hydrogen (secondary N) is 1. The van der Waals surface area contributed by atoms with E-state index in [0.29, 0.717) is 11.3 Å². The van der Waals surface area contributed by atoms with Crippen molar-refractivity contribution in [1.82, 2.24) is 4.98 Å². The zero-order valence-corrected chi connectivity index (χ0v) is 16.3. The summed E-state index contributed by atoms with van der Waals surface area (Å²) in [7, 11) is 0. The van der Waals surface area contributed by atoms with Crippen molar-refractivity contribution in [3.63, 3.8) is 0 Å². The highest BCUT2D eigenvalue weighted by molar-refractivity contribution is 6.04. The Morgan fingerprint density at radius 2 is 1.69 bits per heavy atom. The summed E-state index contributed by atoms with van der Waals surface area (Å²) in [6, 6.07) is 17.9. The van der Waals surface area contributed by atoms with Crippen molar-refractivity contribution in [2.45, 2.75) is 6.92 Å². The largest absolute Gasteiger partial charge is 0.368 e. The zero-order valence-electron chi connectivity index (χ0n) is 16.3. The Labute approximate surface area is 169 Å². The standard InChI is InChI=1S/C23H23FN4O/c1-17-3-2-4-18(15-17)23(29)26-20-7-10-22(25-16-20)28-13-11-27(12-14-28)21-8-5-19(24)6-9-21/h2-10,15-16H,11-14H2,1H3,(H,26,29). The first-order chi connectivity index (χ1) is 14.1. The average molecular weight is 390 g/mol. The Morgan fingerprint density at radius 3 is 2.34 bits per heavy atom. The van der Waals surface area contributed by atoms with E-state index in [2.05, 4.69) is 20.1 Å². The molecule has 3 aromatic rings. The number of pyridine rings is 1. The molecule has 1 fully saturated rings. The normalized spacial score (nSPS) is 14.0. The van der Waals surface area contributed by atoms with Crippen molar-refractivity contribution in [3.05, 3.63) is 83.8 Å². The van der Waals surface area contributed by atoms with Crippen LogP contribution in [0.25, 0.3) is 0 Å². The van der Waals surface area contributed by atoms with Gasteiger partial charge >= 0.3 is 0 Å². The highest BCUT2D eigenvalue weighted by Crippen LogP contribution is 2.21. The number of carbonyl (C=O) groups is 1. The maximum atomic E-state index is 13.1. The molecule has 0 unspecified atom stereocenters. The summed E-state index contributed by atoms with van der Waals surface area (Å²) in [6.45, 7) is 5.32. The molecule has 148 valence electrons. The van der Waals surface area contributed by atoms with E-state index in [1.807, 2.05) is 49.4 Å². The molecule has 2 aromatic carbocycles. The van der Waals surface area contributed by atoms with Gasteiger partial charge in [-0.3, -0.25) is 4.79 Å². The summed E-state index contributed by atoms with van der Waals surface area (Å²) < 4.78 is 13.1. The van der Waals surface area contributed by atoms with Gasteiger partial charge in [0.1, 0.15) is 11.6 Å². The maximum absolute atomic E-state index is 13.1. The molecule has 2 heterocycles. The van der Waals surface area contributed by atoms with Gasteiger partial charge in [-0.1, -0.05) is 17.7 Å². The minimum atomic E-state index is -0.217. The van der Waals surface area contributed by atoms with Crippen LogP contribution in [0, 0.1) is 12.7 Å². The van der Waals surface area contributed by atoms with Crippen molar-refractivity contribution >= 4 is 23.1 Å². The van der Waals surface area contributed by atoms with Gasteiger partial charge in [0.05, 0.1) is 11.9 Å². The first kappa shape index (κ1) is 18.9. The van der Waals surface area contributed by atoms with Crippen molar-refractivity contribution < 1.29 is 9.18 Å². The molecule has 4 rings (SSSR count). The quantitative estimate of drug-likeness (QED) is 0.728. The van der Waals surface area contributed by atoms with Gasteiger partial charge in [-0.25, -0.2) is 9.37 Å². The topological polar surface area (TPSA) is 48.5 Å². The second kappa shape index (κ2) is 8.31. The van der Waals surface area contributed by atoms with Gasteiger partial charge < -0.3 is 15.1 Å². The Bertz CT molecular complexity index is 981. The maximum Gasteiger partial charge on any atom is 0.255 e. The average Bonchev–Trinajstić information content (AvgIpc) is 2.75. The Kier molecular flexibility index (Phi) is 5.42. The number of aryl methyl sites for hydroxylation is 1. The number of hydrogen-bond donors (Lipinski definition) is 1. The van der Waals surface area contributed by atoms with E-state index >= 15 is 0 Å². The number of piperazine rings is 1. The SMILES string of the molecule is Cc1cccc(C(=O)Nc2ccc(N3CCN(c4ccc(F)cc4)CC3)nc2)c1. The lowest BCUT2D eigenvalue weighted by atomic mass is 10.1. The smallest absolute Gasteiger partial charge is 0.255 e. The third kappa shape index (κ3) is 4.54. The first-order valence-electron chi connectivity index (χ1n) is 9.68. The number of amides is 1. The number of aromatic nitrogens is 1. The van der Waals surface area contributed by atoms with Crippen LogP contribution >= 0.6 is 0 Å². The second-order valence-electron chi connectivity index (χ2n) is 7.18. The molecule has 1 aliphatic rings. The van der Waals surface area contributed by atoms with Crippen LogP contribution in [0.15, 0.2) is 66.9 Å². The molecule has 0 saturated carbocycles. The third-order valence-corrected chi connectivity index (χ3v) is 5.08. The van der Waals surface area contributed by atoms with Crippen LogP contribution in [0.5, 0.6) is 0 Å². The number of carbonyl (C=O) groups excluding carboxylic acids is 1. The van der Waals surface area contributed by atoms with E-state index in [1.54, 1.807) is 12.3 Å². The summed E-state index contributed by atoms with van der Waals surface area (Å²) in [5.41, 5.74) is 3.38. The van der Waals surface area contributed by atoms with E-state index in [-0.39, 0.29) is 11.7 Å². The Hall–Kier alpha value is -3.41. The van der Waals surface area contributed by atoms with Gasteiger partial charge in [0.2, 0.25) is 0 Å². The summed E-state index contributed by atoms with van der Waals surface area (Å²) >= 11 is 0. The van der Waals surface area contributed by atoms with Gasteiger partial charge in [-0.15, -0.1) is 0 Å². The van der Waals surface area contributed by atoms with E-state index in [1.165, 1.54) is 12.1 Å². The van der Waals surface area contributed by atoms with Crippen LogP contribution in [0.2, 0.25) is 0 Å². The van der Waals surface area contributed by atoms with E-state index in [9.17, 15) is 9.18 Å². The van der Waals surface area contributed by atoms with Crippen LogP contribution in [0.4, 0.5) is 21.6 Å². The fourth-order valence-corrected chi connectivity index (χ4v) is 3.48. The minimum Gasteiger partial charge on any atom is -0.368 e. The number of rotatable bonds is 4. The van der Waals surface area contributed by atoms with E-state index < -0.39 is 0 Å². The fraction of sp³-hybridized carbons (Fsp3) is 0.217. The number of hydrogen-bond acceptors (Lipinski definition) is 4. The number of nitrogens with zero attached hydrogens (tertiary/aromatic N) is 3. The molecule has 1 amide bonds. The molecular formula is C23H23FN4O. The van der Waals surface area contributed by atoms with Gasteiger partial charge in [0.25, 0.3) is 5.91 Å². The van der Waals surface area contributed by atoms with Gasteiger partial charge in [-0.05, 0) is 55.5 Å². The van der Waals surface area contributed by atoms with Gasteiger partial charge in [-0.2, -0.15) is 0 Å². The fourth-order valence-electron chi connectivity index (χ4n) is 3.48. The molecule has 1 aliphatic heterocycles. The first-order valence-corrected chi connectivity index (χ1v) is 9.68. The van der Waals surface area contributed by atoms with Crippen molar-refractivity contribution in [3.8, 4) is 0 Å². The zero-order chi connectivity index (χ0) is 20.2. The molecule has 5 nitrogen and oxygen atoms in total. The molecule has 0 atom stereocenters. The molecule has 6 heteroatoms. The minimum absolute atomic E-state index is 0.142. The number of halogens is 1. The second-order valence-corrected chi connectivity index (χ2v) is 7.18. The lowest BCUT2D eigenvalue weighted by molar-refractivity contribution is 0.102. The molecule has 0 spiro atoms. The Morgan fingerprint density at radius 1 is 0.966 bits per heavy atom. The van der Waals surface area contributed by atoms with Gasteiger partial charge in [0.15, 0.2) is 0 Å². The molecule has 29 heavy (non-hydrogen) atoms. The highest BCUT2D eigenvalue weighted by Gasteiger charge is 2.18. The number of anilines is 3. The molecule has 0 aliphatic carbocycles. The summed E-state index contributed by atoms with van der Waals surface area (Å²) in [5, 5.41) is 2.89. The predicted molar refractivity (Wildman–Crippen MR) is 114 cm³/mol. The van der Waals surface area contributed by atoms with Crippen LogP contribution in [0.3, 0.4) is 0 Å². The predicted octanol–water partition coefficient (Wildman–Crippen LogP) is 4.11. The lowest BCUT2D eigenvalue weighted by Crippen LogP contribution is -2.46. The molecular weight excluding hydrogens is 367 g/mol. The summed E-state index contributed by atoms with van der Waals surface area (Å²) in [4.78, 5) is 21.3. The monoisotopic (exact) mass is 390 g/mol. The van der Waals surface area contributed by atoms with Crippen LogP contribution in [0.1, 0.15) is 15.9 Å².